The van der Waals surface area contributed by atoms with Crippen molar-refractivity contribution in [2.45, 2.75) is 12.1 Å². The molecule has 2 unspecified atom stereocenters. The first kappa shape index (κ1) is 20.1. The predicted molar refractivity (Wildman–Crippen MR) is 128 cm³/mol. The van der Waals surface area contributed by atoms with Crippen molar-refractivity contribution in [1.29, 1.82) is 0 Å². The summed E-state index contributed by atoms with van der Waals surface area (Å²) in [5.74, 6) is 2.21. The van der Waals surface area contributed by atoms with Crippen molar-refractivity contribution in [3.05, 3.63) is 105 Å². The fraction of sp³-hybridized carbons (Fsp3) is 0.120. The number of methoxy groups -OCH3 is 1. The van der Waals surface area contributed by atoms with E-state index in [-0.39, 0.29) is 6.04 Å². The number of anilines is 1. The van der Waals surface area contributed by atoms with Crippen LogP contribution in [0, 0.1) is 0 Å². The monoisotopic (exact) mass is 476 g/mol. The molecule has 0 aliphatic carbocycles. The SMILES string of the molecule is COc1ccc(C2C3=C(Nc4ncnn42)c2ccccc2OC3c2ccc(Cl)cc2Cl)cc1. The third-order valence-corrected chi connectivity index (χ3v) is 6.56. The van der Waals surface area contributed by atoms with Gasteiger partial charge in [0.1, 0.15) is 23.9 Å². The predicted octanol–water partition coefficient (Wildman–Crippen LogP) is 6.15. The van der Waals surface area contributed by atoms with Gasteiger partial charge in [-0.25, -0.2) is 4.68 Å². The molecule has 0 amide bonds. The molecule has 0 spiro atoms. The Bertz CT molecular complexity index is 1400. The van der Waals surface area contributed by atoms with Crippen molar-refractivity contribution in [2.24, 2.45) is 0 Å². The molecule has 2 aliphatic heterocycles. The lowest BCUT2D eigenvalue weighted by atomic mass is 9.84. The summed E-state index contributed by atoms with van der Waals surface area (Å²) in [5.41, 5.74) is 4.73. The standard InChI is InChI=1S/C25H18Cl2N4O2/c1-32-16-9-6-14(7-10-16)23-21-22(30-25-28-13-29-31(23)25)18-4-2-3-5-20(18)33-24(21)17-11-8-15(26)12-19(17)27/h2-13,23-24H,1H3,(H,28,29,30). The number of nitrogens with zero attached hydrogens (tertiary/aromatic N) is 3. The zero-order valence-corrected chi connectivity index (χ0v) is 19.0. The fourth-order valence-electron chi connectivity index (χ4n) is 4.50. The molecule has 4 aromatic rings. The second kappa shape index (κ2) is 7.83. The van der Waals surface area contributed by atoms with Crippen molar-refractivity contribution >= 4 is 34.8 Å². The minimum absolute atomic E-state index is 0.269. The smallest absolute Gasteiger partial charge is 0.226 e. The Morgan fingerprint density at radius 3 is 2.64 bits per heavy atom. The molecule has 6 nitrogen and oxygen atoms in total. The third-order valence-electron chi connectivity index (χ3n) is 6.00. The molecule has 3 aromatic carbocycles. The minimum Gasteiger partial charge on any atom is -0.497 e. The Kier molecular flexibility index (Phi) is 4.78. The van der Waals surface area contributed by atoms with E-state index in [4.69, 9.17) is 32.7 Å². The maximum atomic E-state index is 6.67. The summed E-state index contributed by atoms with van der Waals surface area (Å²) in [7, 11) is 1.65. The number of ether oxygens (including phenoxy) is 2. The summed E-state index contributed by atoms with van der Waals surface area (Å²) >= 11 is 12.9. The van der Waals surface area contributed by atoms with Crippen LogP contribution < -0.4 is 14.8 Å². The summed E-state index contributed by atoms with van der Waals surface area (Å²) in [5, 5.41) is 9.13. The Morgan fingerprint density at radius 1 is 1.03 bits per heavy atom. The molecular weight excluding hydrogens is 459 g/mol. The van der Waals surface area contributed by atoms with Gasteiger partial charge in [-0.2, -0.15) is 10.1 Å². The van der Waals surface area contributed by atoms with Gasteiger partial charge in [-0.15, -0.1) is 0 Å². The van der Waals surface area contributed by atoms with Gasteiger partial charge in [-0.3, -0.25) is 0 Å². The van der Waals surface area contributed by atoms with Crippen LogP contribution in [0.4, 0.5) is 5.95 Å². The van der Waals surface area contributed by atoms with Crippen LogP contribution in [0.2, 0.25) is 10.0 Å². The number of aromatic nitrogens is 3. The van der Waals surface area contributed by atoms with Crippen LogP contribution in [0.5, 0.6) is 11.5 Å². The average Bonchev–Trinajstić information content (AvgIpc) is 3.31. The number of para-hydroxylation sites is 1. The van der Waals surface area contributed by atoms with Crippen molar-refractivity contribution in [1.82, 2.24) is 14.8 Å². The quantitative estimate of drug-likeness (QED) is 0.383. The third kappa shape index (κ3) is 3.25. The molecule has 2 atom stereocenters. The molecule has 3 heterocycles. The van der Waals surface area contributed by atoms with Crippen LogP contribution in [0.3, 0.4) is 0 Å². The van der Waals surface area contributed by atoms with Crippen LogP contribution in [-0.4, -0.2) is 21.9 Å². The molecule has 1 aromatic heterocycles. The lowest BCUT2D eigenvalue weighted by molar-refractivity contribution is 0.223. The highest BCUT2D eigenvalue weighted by Crippen LogP contribution is 2.51. The average molecular weight is 477 g/mol. The second-order valence-corrected chi connectivity index (χ2v) is 8.66. The van der Waals surface area contributed by atoms with Gasteiger partial charge >= 0.3 is 0 Å². The molecule has 1 N–H and O–H groups in total. The highest BCUT2D eigenvalue weighted by Gasteiger charge is 2.41. The number of benzene rings is 3. The number of hydrogen-bond acceptors (Lipinski definition) is 5. The van der Waals surface area contributed by atoms with E-state index in [0.717, 1.165) is 39.5 Å². The first-order chi connectivity index (χ1) is 16.1. The van der Waals surface area contributed by atoms with Crippen LogP contribution in [0.25, 0.3) is 5.70 Å². The van der Waals surface area contributed by atoms with Crippen LogP contribution in [0.1, 0.15) is 28.8 Å². The minimum atomic E-state index is -0.461. The summed E-state index contributed by atoms with van der Waals surface area (Å²) in [6, 6.07) is 21.1. The highest BCUT2D eigenvalue weighted by molar-refractivity contribution is 6.35. The Morgan fingerprint density at radius 2 is 1.85 bits per heavy atom. The second-order valence-electron chi connectivity index (χ2n) is 7.82. The molecule has 164 valence electrons. The van der Waals surface area contributed by atoms with E-state index >= 15 is 0 Å². The topological polar surface area (TPSA) is 61.2 Å². The van der Waals surface area contributed by atoms with Gasteiger partial charge in [-0.05, 0) is 42.0 Å². The van der Waals surface area contributed by atoms with E-state index in [2.05, 4.69) is 15.4 Å². The largest absolute Gasteiger partial charge is 0.497 e. The number of hydrogen-bond donors (Lipinski definition) is 1. The summed E-state index contributed by atoms with van der Waals surface area (Å²) in [6.07, 6.45) is 1.09. The number of nitrogens with one attached hydrogen (secondary N) is 1. The zero-order valence-electron chi connectivity index (χ0n) is 17.5. The molecule has 0 bridgehead atoms. The molecular formula is C25H18Cl2N4O2. The molecule has 0 radical (unpaired) electrons. The van der Waals surface area contributed by atoms with Crippen LogP contribution in [-0.2, 0) is 0 Å². The molecule has 33 heavy (non-hydrogen) atoms. The summed E-state index contributed by atoms with van der Waals surface area (Å²) in [6.45, 7) is 0. The van der Waals surface area contributed by atoms with Crippen LogP contribution in [0.15, 0.2) is 78.6 Å². The first-order valence-electron chi connectivity index (χ1n) is 10.4. The molecule has 0 saturated heterocycles. The van der Waals surface area contributed by atoms with Gasteiger partial charge in [-0.1, -0.05) is 53.5 Å². The van der Waals surface area contributed by atoms with E-state index in [1.54, 1.807) is 19.5 Å². The molecule has 0 fully saturated rings. The molecule has 6 rings (SSSR count). The normalized spacial score (nSPS) is 18.5. The van der Waals surface area contributed by atoms with E-state index in [1.807, 2.05) is 65.3 Å². The Labute approximate surface area is 200 Å². The lowest BCUT2D eigenvalue weighted by Crippen LogP contribution is -2.32. The van der Waals surface area contributed by atoms with Gasteiger partial charge in [0, 0.05) is 26.7 Å². The maximum Gasteiger partial charge on any atom is 0.226 e. The van der Waals surface area contributed by atoms with Crippen molar-refractivity contribution in [3.8, 4) is 11.5 Å². The Hall–Kier alpha value is -3.48. The number of fused-ring (bicyclic) bond motifs is 3. The molecule has 2 aliphatic rings. The Balaban J connectivity index is 1.62. The van der Waals surface area contributed by atoms with E-state index in [0.29, 0.717) is 16.0 Å². The van der Waals surface area contributed by atoms with Gasteiger partial charge in [0.2, 0.25) is 5.95 Å². The van der Waals surface area contributed by atoms with E-state index < -0.39 is 6.10 Å². The van der Waals surface area contributed by atoms with Crippen molar-refractivity contribution in [3.63, 3.8) is 0 Å². The highest BCUT2D eigenvalue weighted by atomic mass is 35.5. The lowest BCUT2D eigenvalue weighted by Gasteiger charge is -2.39. The van der Waals surface area contributed by atoms with Crippen molar-refractivity contribution < 1.29 is 9.47 Å². The molecule has 0 saturated carbocycles. The zero-order chi connectivity index (χ0) is 22.5. The first-order valence-corrected chi connectivity index (χ1v) is 11.1. The van der Waals surface area contributed by atoms with Gasteiger partial charge in [0.15, 0.2) is 6.10 Å². The summed E-state index contributed by atoms with van der Waals surface area (Å²) < 4.78 is 13.8. The van der Waals surface area contributed by atoms with Gasteiger partial charge in [0.25, 0.3) is 0 Å². The van der Waals surface area contributed by atoms with E-state index in [1.165, 1.54) is 0 Å². The number of halogens is 2. The number of rotatable bonds is 3. The van der Waals surface area contributed by atoms with Gasteiger partial charge in [0.05, 0.1) is 12.8 Å². The maximum absolute atomic E-state index is 6.67. The molecule has 8 heteroatoms. The van der Waals surface area contributed by atoms with Gasteiger partial charge < -0.3 is 14.8 Å². The van der Waals surface area contributed by atoms with Crippen LogP contribution >= 0.6 is 23.2 Å². The van der Waals surface area contributed by atoms with E-state index in [9.17, 15) is 0 Å². The summed E-state index contributed by atoms with van der Waals surface area (Å²) in [4.78, 5) is 4.45. The van der Waals surface area contributed by atoms with Crippen molar-refractivity contribution in [2.75, 3.05) is 12.4 Å². The fourth-order valence-corrected chi connectivity index (χ4v) is 5.00.